The predicted octanol–water partition coefficient (Wildman–Crippen LogP) is 0.874. The van der Waals surface area contributed by atoms with Gasteiger partial charge in [0, 0.05) is 44.7 Å². The molecule has 6 heteroatoms. The van der Waals surface area contributed by atoms with Gasteiger partial charge in [-0.15, -0.1) is 24.8 Å². The van der Waals surface area contributed by atoms with Gasteiger partial charge in [0.1, 0.15) is 0 Å². The largest absolute Gasteiger partial charge is 0.340 e. The van der Waals surface area contributed by atoms with E-state index in [-0.39, 0.29) is 36.8 Å². The van der Waals surface area contributed by atoms with E-state index in [1.165, 1.54) is 12.8 Å². The molecule has 0 spiro atoms. The zero-order valence-electron chi connectivity index (χ0n) is 10.3. The monoisotopic (exact) mass is 283 g/mol. The maximum absolute atomic E-state index is 11.7. The van der Waals surface area contributed by atoms with E-state index in [4.69, 9.17) is 5.73 Å². The summed E-state index contributed by atoms with van der Waals surface area (Å²) in [6.07, 6.45) is 3.20. The molecule has 1 aliphatic heterocycles. The highest BCUT2D eigenvalue weighted by atomic mass is 35.5. The summed E-state index contributed by atoms with van der Waals surface area (Å²) in [6, 6.07) is 0.814. The Morgan fingerprint density at radius 2 is 1.76 bits per heavy atom. The van der Waals surface area contributed by atoms with Gasteiger partial charge in [0.25, 0.3) is 0 Å². The number of halogens is 2. The number of amides is 1. The third-order valence-corrected chi connectivity index (χ3v) is 3.23. The van der Waals surface area contributed by atoms with E-state index in [0.717, 1.165) is 32.2 Å². The van der Waals surface area contributed by atoms with Gasteiger partial charge in [-0.2, -0.15) is 0 Å². The van der Waals surface area contributed by atoms with Gasteiger partial charge >= 0.3 is 0 Å². The molecular formula is C11H23Cl2N3O. The summed E-state index contributed by atoms with van der Waals surface area (Å²) in [5.74, 6) is 0.223. The van der Waals surface area contributed by atoms with E-state index in [0.29, 0.717) is 6.42 Å². The third kappa shape index (κ3) is 5.00. The summed E-state index contributed by atoms with van der Waals surface area (Å²) < 4.78 is 0. The Kier molecular flexibility index (Phi) is 7.40. The van der Waals surface area contributed by atoms with Gasteiger partial charge in [-0.1, -0.05) is 0 Å². The highest BCUT2D eigenvalue weighted by molar-refractivity contribution is 5.85. The molecule has 1 aliphatic carbocycles. The van der Waals surface area contributed by atoms with Gasteiger partial charge in [0.2, 0.25) is 5.91 Å². The lowest BCUT2D eigenvalue weighted by atomic mass is 10.2. The SMILES string of the molecule is CC(N)CC(=O)N1CCN(C2CC2)CC1.Cl.Cl. The topological polar surface area (TPSA) is 49.6 Å². The van der Waals surface area contributed by atoms with Crippen molar-refractivity contribution in [1.29, 1.82) is 0 Å². The Balaban J connectivity index is 0.00000128. The van der Waals surface area contributed by atoms with Crippen LogP contribution in [0.4, 0.5) is 0 Å². The van der Waals surface area contributed by atoms with Gasteiger partial charge in [-0.3, -0.25) is 9.69 Å². The number of carbonyl (C=O) groups excluding carboxylic acids is 1. The van der Waals surface area contributed by atoms with Gasteiger partial charge in [0.15, 0.2) is 0 Å². The molecule has 1 saturated carbocycles. The van der Waals surface area contributed by atoms with E-state index in [1.807, 2.05) is 11.8 Å². The van der Waals surface area contributed by atoms with Crippen LogP contribution >= 0.6 is 24.8 Å². The van der Waals surface area contributed by atoms with Crippen molar-refractivity contribution in [3.05, 3.63) is 0 Å². The van der Waals surface area contributed by atoms with Crippen LogP contribution in [0.5, 0.6) is 0 Å². The van der Waals surface area contributed by atoms with Crippen molar-refractivity contribution in [2.24, 2.45) is 5.73 Å². The summed E-state index contributed by atoms with van der Waals surface area (Å²) in [4.78, 5) is 16.2. The molecule has 0 bridgehead atoms. The molecule has 1 atom stereocenters. The van der Waals surface area contributed by atoms with Crippen molar-refractivity contribution in [2.75, 3.05) is 26.2 Å². The van der Waals surface area contributed by atoms with E-state index in [2.05, 4.69) is 4.90 Å². The molecule has 2 fully saturated rings. The number of hydrogen-bond acceptors (Lipinski definition) is 3. The molecule has 2 N–H and O–H groups in total. The predicted molar refractivity (Wildman–Crippen MR) is 73.9 cm³/mol. The fourth-order valence-corrected chi connectivity index (χ4v) is 2.18. The molecule has 0 aromatic carbocycles. The minimum atomic E-state index is -0.0149. The Morgan fingerprint density at radius 3 is 2.18 bits per heavy atom. The zero-order chi connectivity index (χ0) is 10.8. The maximum atomic E-state index is 11.7. The minimum Gasteiger partial charge on any atom is -0.340 e. The smallest absolute Gasteiger partial charge is 0.224 e. The molecule has 2 rings (SSSR count). The number of nitrogens with zero attached hydrogens (tertiary/aromatic N) is 2. The number of rotatable bonds is 3. The highest BCUT2D eigenvalue weighted by Gasteiger charge is 2.32. The van der Waals surface area contributed by atoms with Crippen LogP contribution in [0.15, 0.2) is 0 Å². The molecule has 1 saturated heterocycles. The number of carbonyl (C=O) groups is 1. The molecule has 0 aromatic heterocycles. The van der Waals surface area contributed by atoms with Gasteiger partial charge in [-0.25, -0.2) is 0 Å². The van der Waals surface area contributed by atoms with Crippen LogP contribution in [0.3, 0.4) is 0 Å². The van der Waals surface area contributed by atoms with E-state index in [1.54, 1.807) is 0 Å². The lowest BCUT2D eigenvalue weighted by molar-refractivity contribution is -0.133. The summed E-state index contributed by atoms with van der Waals surface area (Å²) in [7, 11) is 0. The quantitative estimate of drug-likeness (QED) is 0.837. The highest BCUT2D eigenvalue weighted by Crippen LogP contribution is 2.27. The average Bonchev–Trinajstić information content (AvgIpc) is 3.00. The number of nitrogens with two attached hydrogens (primary N) is 1. The number of piperazine rings is 1. The van der Waals surface area contributed by atoms with Crippen LogP contribution in [-0.2, 0) is 4.79 Å². The van der Waals surface area contributed by atoms with Crippen LogP contribution in [0.2, 0.25) is 0 Å². The summed E-state index contributed by atoms with van der Waals surface area (Å²) in [5.41, 5.74) is 5.63. The summed E-state index contributed by atoms with van der Waals surface area (Å²) in [5, 5.41) is 0. The molecule has 0 aromatic rings. The van der Waals surface area contributed by atoms with Gasteiger partial charge in [-0.05, 0) is 19.8 Å². The summed E-state index contributed by atoms with van der Waals surface area (Å²) in [6.45, 7) is 5.77. The van der Waals surface area contributed by atoms with Gasteiger partial charge in [0.05, 0.1) is 0 Å². The van der Waals surface area contributed by atoms with E-state index < -0.39 is 0 Å². The summed E-state index contributed by atoms with van der Waals surface area (Å²) >= 11 is 0. The van der Waals surface area contributed by atoms with Crippen molar-refractivity contribution >= 4 is 30.7 Å². The Bertz CT molecular complexity index is 239. The second-order valence-electron chi connectivity index (χ2n) is 4.83. The fourth-order valence-electron chi connectivity index (χ4n) is 2.18. The first-order valence-electron chi connectivity index (χ1n) is 5.94. The van der Waals surface area contributed by atoms with Crippen LogP contribution in [0.1, 0.15) is 26.2 Å². The second kappa shape index (κ2) is 7.41. The Morgan fingerprint density at radius 1 is 1.24 bits per heavy atom. The first kappa shape index (κ1) is 17.0. The van der Waals surface area contributed by atoms with Crippen molar-refractivity contribution in [3.63, 3.8) is 0 Å². The van der Waals surface area contributed by atoms with Crippen LogP contribution in [-0.4, -0.2) is 54.0 Å². The van der Waals surface area contributed by atoms with Crippen molar-refractivity contribution in [2.45, 2.75) is 38.3 Å². The normalized spacial score (nSPS) is 22.4. The standard InChI is InChI=1S/C11H21N3O.2ClH/c1-9(12)8-11(15)14-6-4-13(5-7-14)10-2-3-10;;/h9-10H,2-8,12H2,1H3;2*1H. The van der Waals surface area contributed by atoms with E-state index in [9.17, 15) is 4.79 Å². The van der Waals surface area contributed by atoms with Gasteiger partial charge < -0.3 is 10.6 Å². The number of hydrogen-bond donors (Lipinski definition) is 1. The fraction of sp³-hybridized carbons (Fsp3) is 0.909. The molecule has 0 radical (unpaired) electrons. The lowest BCUT2D eigenvalue weighted by Crippen LogP contribution is -2.50. The first-order valence-corrected chi connectivity index (χ1v) is 5.94. The minimum absolute atomic E-state index is 0. The molecule has 17 heavy (non-hydrogen) atoms. The molecular weight excluding hydrogens is 261 g/mol. The molecule has 1 amide bonds. The van der Waals surface area contributed by atoms with Crippen molar-refractivity contribution < 1.29 is 4.79 Å². The van der Waals surface area contributed by atoms with E-state index >= 15 is 0 Å². The molecule has 1 heterocycles. The first-order chi connectivity index (χ1) is 7.16. The molecule has 1 unspecified atom stereocenters. The molecule has 4 nitrogen and oxygen atoms in total. The maximum Gasteiger partial charge on any atom is 0.224 e. The Hall–Kier alpha value is -0.0300. The van der Waals surface area contributed by atoms with Crippen molar-refractivity contribution in [1.82, 2.24) is 9.80 Å². The average molecular weight is 284 g/mol. The second-order valence-corrected chi connectivity index (χ2v) is 4.83. The zero-order valence-corrected chi connectivity index (χ0v) is 11.9. The third-order valence-electron chi connectivity index (χ3n) is 3.23. The van der Waals surface area contributed by atoms with Crippen LogP contribution in [0.25, 0.3) is 0 Å². The Labute approximate surface area is 116 Å². The molecule has 102 valence electrons. The van der Waals surface area contributed by atoms with Crippen molar-refractivity contribution in [3.8, 4) is 0 Å². The van der Waals surface area contributed by atoms with Crippen LogP contribution in [0, 0.1) is 0 Å². The van der Waals surface area contributed by atoms with Crippen LogP contribution < -0.4 is 5.73 Å². The lowest BCUT2D eigenvalue weighted by Gasteiger charge is -2.35. The molecule has 2 aliphatic rings.